The van der Waals surface area contributed by atoms with Crippen molar-refractivity contribution in [2.24, 2.45) is 17.3 Å². The Morgan fingerprint density at radius 2 is 1.70 bits per heavy atom. The number of hydrogen-bond acceptors (Lipinski definition) is 7. The highest BCUT2D eigenvalue weighted by Gasteiger charge is 2.38. The quantitative estimate of drug-likeness (QED) is 0.396. The number of thiophene rings is 1. The maximum Gasteiger partial charge on any atom is 0.348 e. The molecule has 1 amide bonds. The third-order valence-corrected chi connectivity index (χ3v) is 8.74. The van der Waals surface area contributed by atoms with E-state index in [9.17, 15) is 14.7 Å². The molecule has 2 aromatic heterocycles. The summed E-state index contributed by atoms with van der Waals surface area (Å²) in [6.45, 7) is 8.30. The minimum atomic E-state index is -1.02. The first-order valence-corrected chi connectivity index (χ1v) is 15.1. The van der Waals surface area contributed by atoms with Gasteiger partial charge in [0.05, 0.1) is 10.6 Å². The van der Waals surface area contributed by atoms with Crippen LogP contribution in [0.5, 0.6) is 5.88 Å². The Kier molecular flexibility index (Phi) is 9.40. The summed E-state index contributed by atoms with van der Waals surface area (Å²) in [5.74, 6) is 7.19. The van der Waals surface area contributed by atoms with Gasteiger partial charge in [-0.05, 0) is 90.2 Å². The standard InChI is InChI=1S/C31H42N4O4S/c1-20-7-9-21(10-8-20)29(36)35(25-19-24(17-18-31(2,3)4)40-28(25)30(37)38)22-11-13-23(14-12-22)39-27-16-15-26(32-33-27)34(5)6/h15-16,19-23H,7-14H2,1-6H3,(H,37,38). The van der Waals surface area contributed by atoms with Crippen LogP contribution in [0.15, 0.2) is 18.2 Å². The summed E-state index contributed by atoms with van der Waals surface area (Å²) < 4.78 is 6.14. The normalized spacial score (nSPS) is 23.1. The van der Waals surface area contributed by atoms with Crippen LogP contribution in [0.2, 0.25) is 0 Å². The first-order valence-electron chi connectivity index (χ1n) is 14.3. The largest absolute Gasteiger partial charge is 0.477 e. The summed E-state index contributed by atoms with van der Waals surface area (Å²) in [5, 5.41) is 18.5. The lowest BCUT2D eigenvalue weighted by molar-refractivity contribution is -0.124. The van der Waals surface area contributed by atoms with Gasteiger partial charge in [-0.3, -0.25) is 4.79 Å². The highest BCUT2D eigenvalue weighted by atomic mass is 32.1. The SMILES string of the molecule is CC1CCC(C(=O)N(c2cc(C#CC(C)(C)C)sc2C(=O)O)C2CCC(Oc3ccc(N(C)C)nn3)CC2)CC1. The van der Waals surface area contributed by atoms with Gasteiger partial charge < -0.3 is 19.6 Å². The second-order valence-electron chi connectivity index (χ2n) is 12.5. The number of anilines is 2. The van der Waals surface area contributed by atoms with Crippen molar-refractivity contribution in [2.45, 2.75) is 91.2 Å². The van der Waals surface area contributed by atoms with E-state index in [0.29, 0.717) is 22.4 Å². The van der Waals surface area contributed by atoms with Crippen molar-refractivity contribution in [1.82, 2.24) is 10.2 Å². The number of ether oxygens (including phenoxy) is 1. The van der Waals surface area contributed by atoms with E-state index in [1.165, 1.54) is 0 Å². The number of hydrogen-bond donors (Lipinski definition) is 1. The predicted octanol–water partition coefficient (Wildman–Crippen LogP) is 6.25. The number of carboxylic acids is 1. The Morgan fingerprint density at radius 1 is 1.02 bits per heavy atom. The number of aromatic nitrogens is 2. The van der Waals surface area contributed by atoms with Gasteiger partial charge in [0.2, 0.25) is 11.8 Å². The molecule has 0 spiro atoms. The average molecular weight is 567 g/mol. The molecule has 0 atom stereocenters. The van der Waals surface area contributed by atoms with E-state index in [0.717, 1.165) is 68.5 Å². The second-order valence-corrected chi connectivity index (χ2v) is 13.5. The third kappa shape index (κ3) is 7.54. The fourth-order valence-corrected chi connectivity index (χ4v) is 6.27. The van der Waals surface area contributed by atoms with E-state index in [4.69, 9.17) is 4.74 Å². The Hall–Kier alpha value is -3.12. The lowest BCUT2D eigenvalue weighted by atomic mass is 9.81. The number of aromatic carboxylic acids is 1. The highest BCUT2D eigenvalue weighted by Crippen LogP contribution is 2.39. The van der Waals surface area contributed by atoms with E-state index >= 15 is 0 Å². The highest BCUT2D eigenvalue weighted by molar-refractivity contribution is 7.15. The first kappa shape index (κ1) is 29.9. The summed E-state index contributed by atoms with van der Waals surface area (Å²) in [7, 11) is 3.83. The second kappa shape index (κ2) is 12.6. The van der Waals surface area contributed by atoms with Crippen LogP contribution in [-0.4, -0.2) is 53.4 Å². The van der Waals surface area contributed by atoms with Crippen LogP contribution in [0.1, 0.15) is 93.6 Å². The van der Waals surface area contributed by atoms with Crippen molar-refractivity contribution >= 4 is 34.7 Å². The minimum absolute atomic E-state index is 0.0297. The molecule has 2 heterocycles. The molecule has 2 fully saturated rings. The molecule has 0 aromatic carbocycles. The van der Waals surface area contributed by atoms with E-state index in [1.807, 2.05) is 62.9 Å². The van der Waals surface area contributed by atoms with Gasteiger partial charge in [-0.25, -0.2) is 4.79 Å². The van der Waals surface area contributed by atoms with Gasteiger partial charge in [-0.15, -0.1) is 21.5 Å². The van der Waals surface area contributed by atoms with Gasteiger partial charge in [0.25, 0.3) is 0 Å². The Morgan fingerprint density at radius 3 is 2.25 bits per heavy atom. The molecular weight excluding hydrogens is 524 g/mol. The average Bonchev–Trinajstić information content (AvgIpc) is 3.33. The molecule has 0 saturated heterocycles. The minimum Gasteiger partial charge on any atom is -0.477 e. The number of carbonyl (C=O) groups excluding carboxylic acids is 1. The zero-order valence-electron chi connectivity index (χ0n) is 24.6. The van der Waals surface area contributed by atoms with Gasteiger partial charge in [-0.1, -0.05) is 18.8 Å². The molecule has 0 radical (unpaired) electrons. The summed E-state index contributed by atoms with van der Waals surface area (Å²) in [6.07, 6.45) is 6.65. The molecule has 8 nitrogen and oxygen atoms in total. The molecule has 4 rings (SSSR count). The maximum atomic E-state index is 14.1. The predicted molar refractivity (Wildman–Crippen MR) is 159 cm³/mol. The summed E-state index contributed by atoms with van der Waals surface area (Å²) >= 11 is 1.16. The van der Waals surface area contributed by atoms with Gasteiger partial charge in [0.1, 0.15) is 11.0 Å². The van der Waals surface area contributed by atoms with Crippen molar-refractivity contribution in [3.05, 3.63) is 28.0 Å². The fourth-order valence-electron chi connectivity index (χ4n) is 5.43. The molecular formula is C31H42N4O4S. The summed E-state index contributed by atoms with van der Waals surface area (Å²) in [4.78, 5) is 31.1. The number of amides is 1. The lowest BCUT2D eigenvalue weighted by Gasteiger charge is -2.39. The molecule has 2 aliphatic carbocycles. The van der Waals surface area contributed by atoms with Crippen LogP contribution in [0.3, 0.4) is 0 Å². The monoisotopic (exact) mass is 566 g/mol. The van der Waals surface area contributed by atoms with Crippen LogP contribution < -0.4 is 14.5 Å². The molecule has 0 aliphatic heterocycles. The summed E-state index contributed by atoms with van der Waals surface area (Å²) in [5.41, 5.74) is 0.283. The van der Waals surface area contributed by atoms with Crippen LogP contribution in [0.4, 0.5) is 11.5 Å². The van der Waals surface area contributed by atoms with E-state index in [2.05, 4.69) is 29.0 Å². The fraction of sp³-hybridized carbons (Fsp3) is 0.613. The van der Waals surface area contributed by atoms with Crippen LogP contribution in [-0.2, 0) is 4.79 Å². The Bertz CT molecular complexity index is 1240. The van der Waals surface area contributed by atoms with Gasteiger partial charge in [0, 0.05) is 37.5 Å². The molecule has 40 heavy (non-hydrogen) atoms. The zero-order valence-corrected chi connectivity index (χ0v) is 25.4. The van der Waals surface area contributed by atoms with Crippen molar-refractivity contribution in [3.63, 3.8) is 0 Å². The van der Waals surface area contributed by atoms with Crippen LogP contribution in [0, 0.1) is 29.1 Å². The molecule has 216 valence electrons. The first-order chi connectivity index (χ1) is 18.9. The molecule has 9 heteroatoms. The van der Waals surface area contributed by atoms with Crippen molar-refractivity contribution < 1.29 is 19.4 Å². The van der Waals surface area contributed by atoms with E-state index < -0.39 is 5.97 Å². The van der Waals surface area contributed by atoms with Crippen molar-refractivity contribution in [1.29, 1.82) is 0 Å². The van der Waals surface area contributed by atoms with E-state index in [1.54, 1.807) is 0 Å². The third-order valence-electron chi connectivity index (χ3n) is 7.71. The maximum absolute atomic E-state index is 14.1. The summed E-state index contributed by atoms with van der Waals surface area (Å²) in [6, 6.07) is 5.44. The van der Waals surface area contributed by atoms with Crippen LogP contribution >= 0.6 is 11.3 Å². The molecule has 0 bridgehead atoms. The Balaban J connectivity index is 1.57. The van der Waals surface area contributed by atoms with Crippen molar-refractivity contribution in [2.75, 3.05) is 23.9 Å². The van der Waals surface area contributed by atoms with Crippen LogP contribution in [0.25, 0.3) is 0 Å². The van der Waals surface area contributed by atoms with E-state index in [-0.39, 0.29) is 34.3 Å². The van der Waals surface area contributed by atoms with Gasteiger partial charge in [0.15, 0.2) is 5.82 Å². The molecule has 1 N–H and O–H groups in total. The number of nitrogens with zero attached hydrogens (tertiary/aromatic N) is 4. The molecule has 0 unspecified atom stereocenters. The molecule has 2 saturated carbocycles. The number of carboxylic acid groups (broad SMARTS) is 1. The van der Waals surface area contributed by atoms with Gasteiger partial charge >= 0.3 is 5.97 Å². The number of carbonyl (C=O) groups is 2. The Labute approximate surface area is 242 Å². The number of rotatable bonds is 7. The van der Waals surface area contributed by atoms with Crippen molar-refractivity contribution in [3.8, 4) is 17.7 Å². The molecule has 2 aliphatic rings. The molecule has 2 aromatic rings. The van der Waals surface area contributed by atoms with Gasteiger partial charge in [-0.2, -0.15) is 0 Å². The zero-order chi connectivity index (χ0) is 29.0. The smallest absolute Gasteiger partial charge is 0.348 e. The topological polar surface area (TPSA) is 95.9 Å². The lowest BCUT2D eigenvalue weighted by Crippen LogP contribution is -2.47.